The van der Waals surface area contributed by atoms with Gasteiger partial charge in [0.15, 0.2) is 0 Å². The van der Waals surface area contributed by atoms with Crippen molar-refractivity contribution in [2.45, 2.75) is 25.7 Å². The van der Waals surface area contributed by atoms with Gasteiger partial charge in [-0.2, -0.15) is 0 Å². The first-order chi connectivity index (χ1) is 9.58. The lowest BCUT2D eigenvalue weighted by atomic mass is 9.82. The molecule has 108 valence electrons. The number of aliphatic carboxylic acids is 1. The number of carboxylic acids is 1. The van der Waals surface area contributed by atoms with Gasteiger partial charge in [0.2, 0.25) is 0 Å². The Balaban J connectivity index is 1.80. The molecule has 1 fully saturated rings. The Hall–Kier alpha value is -1.91. The van der Waals surface area contributed by atoms with E-state index in [-0.39, 0.29) is 17.4 Å². The number of hydrogen-bond acceptors (Lipinski definition) is 2. The van der Waals surface area contributed by atoms with Crippen LogP contribution in [0.15, 0.2) is 24.3 Å². The highest BCUT2D eigenvalue weighted by atomic mass is 19.1. The molecule has 0 saturated heterocycles. The van der Waals surface area contributed by atoms with E-state index in [1.165, 1.54) is 12.1 Å². The van der Waals surface area contributed by atoms with Crippen LogP contribution in [0.2, 0.25) is 0 Å². The number of carboxylic acid groups (broad SMARTS) is 1. The van der Waals surface area contributed by atoms with E-state index >= 15 is 0 Å². The molecule has 4 nitrogen and oxygen atoms in total. The van der Waals surface area contributed by atoms with Gasteiger partial charge in [0.1, 0.15) is 5.82 Å². The summed E-state index contributed by atoms with van der Waals surface area (Å²) in [5.74, 6) is -1.66. The lowest BCUT2D eigenvalue weighted by Gasteiger charge is -2.26. The second-order valence-corrected chi connectivity index (χ2v) is 5.25. The Kier molecular flexibility index (Phi) is 4.71. The van der Waals surface area contributed by atoms with Crippen LogP contribution >= 0.6 is 0 Å². The predicted molar refractivity (Wildman–Crippen MR) is 71.8 cm³/mol. The van der Waals surface area contributed by atoms with E-state index in [2.05, 4.69) is 5.32 Å². The van der Waals surface area contributed by atoms with E-state index in [1.807, 2.05) is 0 Å². The van der Waals surface area contributed by atoms with Crippen molar-refractivity contribution in [3.8, 4) is 0 Å². The SMILES string of the molecule is O=C(NCC1CCC(C(=O)O)CC1)c1ccccc1F. The number of rotatable bonds is 4. The van der Waals surface area contributed by atoms with Gasteiger partial charge in [-0.1, -0.05) is 12.1 Å². The molecule has 1 saturated carbocycles. The van der Waals surface area contributed by atoms with Crippen LogP contribution in [0, 0.1) is 17.7 Å². The van der Waals surface area contributed by atoms with Gasteiger partial charge in [-0.05, 0) is 43.7 Å². The lowest BCUT2D eigenvalue weighted by molar-refractivity contribution is -0.143. The molecule has 0 aliphatic heterocycles. The highest BCUT2D eigenvalue weighted by molar-refractivity contribution is 5.94. The summed E-state index contributed by atoms with van der Waals surface area (Å²) in [6, 6.07) is 5.87. The third-order valence-corrected chi connectivity index (χ3v) is 3.87. The van der Waals surface area contributed by atoms with E-state index < -0.39 is 17.7 Å². The Morgan fingerprint density at radius 1 is 1.20 bits per heavy atom. The molecular weight excluding hydrogens is 261 g/mol. The maximum Gasteiger partial charge on any atom is 0.306 e. The molecule has 1 amide bonds. The highest BCUT2D eigenvalue weighted by Gasteiger charge is 2.26. The molecule has 1 aromatic rings. The molecule has 0 atom stereocenters. The molecule has 2 rings (SSSR count). The van der Waals surface area contributed by atoms with Crippen LogP contribution in [0.4, 0.5) is 4.39 Å². The number of halogens is 1. The summed E-state index contributed by atoms with van der Waals surface area (Å²) < 4.78 is 13.4. The summed E-state index contributed by atoms with van der Waals surface area (Å²) in [4.78, 5) is 22.7. The highest BCUT2D eigenvalue weighted by Crippen LogP contribution is 2.28. The fourth-order valence-electron chi connectivity index (χ4n) is 2.59. The fraction of sp³-hybridized carbons (Fsp3) is 0.467. The first kappa shape index (κ1) is 14.5. The molecule has 5 heteroatoms. The van der Waals surface area contributed by atoms with Crippen molar-refractivity contribution in [1.82, 2.24) is 5.32 Å². The number of nitrogens with one attached hydrogen (secondary N) is 1. The van der Waals surface area contributed by atoms with Crippen LogP contribution < -0.4 is 5.32 Å². The average Bonchev–Trinajstić information content (AvgIpc) is 2.45. The number of hydrogen-bond donors (Lipinski definition) is 2. The van der Waals surface area contributed by atoms with E-state index in [4.69, 9.17) is 5.11 Å². The third kappa shape index (κ3) is 3.56. The molecule has 2 N–H and O–H groups in total. The summed E-state index contributed by atoms with van der Waals surface area (Å²) in [7, 11) is 0. The summed E-state index contributed by atoms with van der Waals surface area (Å²) >= 11 is 0. The molecule has 1 aliphatic rings. The third-order valence-electron chi connectivity index (χ3n) is 3.87. The molecule has 0 heterocycles. The Morgan fingerprint density at radius 3 is 2.45 bits per heavy atom. The minimum atomic E-state index is -0.737. The maximum absolute atomic E-state index is 13.4. The Morgan fingerprint density at radius 2 is 1.85 bits per heavy atom. The van der Waals surface area contributed by atoms with E-state index in [9.17, 15) is 14.0 Å². The molecule has 20 heavy (non-hydrogen) atoms. The Bertz CT molecular complexity index is 496. The second-order valence-electron chi connectivity index (χ2n) is 5.25. The molecule has 1 aromatic carbocycles. The van der Waals surface area contributed by atoms with Gasteiger partial charge in [-0.15, -0.1) is 0 Å². The first-order valence-corrected chi connectivity index (χ1v) is 6.83. The van der Waals surface area contributed by atoms with Crippen LogP contribution in [-0.2, 0) is 4.79 Å². The van der Waals surface area contributed by atoms with Crippen LogP contribution in [0.1, 0.15) is 36.0 Å². The zero-order chi connectivity index (χ0) is 14.5. The monoisotopic (exact) mass is 279 g/mol. The predicted octanol–water partition coefficient (Wildman–Crippen LogP) is 2.45. The number of carbonyl (C=O) groups is 2. The maximum atomic E-state index is 13.4. The van der Waals surface area contributed by atoms with Gasteiger partial charge < -0.3 is 10.4 Å². The van der Waals surface area contributed by atoms with Gasteiger partial charge >= 0.3 is 5.97 Å². The van der Waals surface area contributed by atoms with Crippen molar-refractivity contribution in [1.29, 1.82) is 0 Å². The minimum Gasteiger partial charge on any atom is -0.481 e. The van der Waals surface area contributed by atoms with Crippen molar-refractivity contribution in [2.75, 3.05) is 6.54 Å². The Labute approximate surface area is 117 Å². The molecule has 0 spiro atoms. The average molecular weight is 279 g/mol. The smallest absolute Gasteiger partial charge is 0.306 e. The van der Waals surface area contributed by atoms with Crippen molar-refractivity contribution < 1.29 is 19.1 Å². The molecule has 0 bridgehead atoms. The summed E-state index contributed by atoms with van der Waals surface area (Å²) in [5, 5.41) is 11.6. The van der Waals surface area contributed by atoms with Gasteiger partial charge in [-0.25, -0.2) is 4.39 Å². The number of amides is 1. The van der Waals surface area contributed by atoms with Gasteiger partial charge in [-0.3, -0.25) is 9.59 Å². The van der Waals surface area contributed by atoms with Gasteiger partial charge in [0, 0.05) is 6.54 Å². The summed E-state index contributed by atoms with van der Waals surface area (Å²) in [6.07, 6.45) is 2.87. The van der Waals surface area contributed by atoms with Crippen LogP contribution in [-0.4, -0.2) is 23.5 Å². The molecule has 0 radical (unpaired) electrons. The van der Waals surface area contributed by atoms with Crippen molar-refractivity contribution in [3.05, 3.63) is 35.6 Å². The van der Waals surface area contributed by atoms with Gasteiger partial charge in [0.25, 0.3) is 5.91 Å². The molecular formula is C15H18FNO3. The van der Waals surface area contributed by atoms with Crippen LogP contribution in [0.5, 0.6) is 0 Å². The first-order valence-electron chi connectivity index (χ1n) is 6.83. The fourth-order valence-corrected chi connectivity index (χ4v) is 2.59. The van der Waals surface area contributed by atoms with Crippen molar-refractivity contribution >= 4 is 11.9 Å². The lowest BCUT2D eigenvalue weighted by Crippen LogP contribution is -2.32. The minimum absolute atomic E-state index is 0.0479. The van der Waals surface area contributed by atoms with E-state index in [1.54, 1.807) is 12.1 Å². The normalized spacial score (nSPS) is 22.2. The number of carbonyl (C=O) groups excluding carboxylic acids is 1. The van der Waals surface area contributed by atoms with E-state index in [0.29, 0.717) is 19.4 Å². The zero-order valence-electron chi connectivity index (χ0n) is 11.1. The summed E-state index contributed by atoms with van der Waals surface area (Å²) in [5.41, 5.74) is 0.0479. The number of benzene rings is 1. The second kappa shape index (κ2) is 6.50. The molecule has 0 unspecified atom stereocenters. The van der Waals surface area contributed by atoms with Crippen LogP contribution in [0.3, 0.4) is 0 Å². The summed E-state index contributed by atoms with van der Waals surface area (Å²) in [6.45, 7) is 0.472. The topological polar surface area (TPSA) is 66.4 Å². The van der Waals surface area contributed by atoms with Crippen LogP contribution in [0.25, 0.3) is 0 Å². The molecule has 0 aromatic heterocycles. The largest absolute Gasteiger partial charge is 0.481 e. The van der Waals surface area contributed by atoms with Crippen molar-refractivity contribution in [2.24, 2.45) is 11.8 Å². The quantitative estimate of drug-likeness (QED) is 0.889. The molecule has 1 aliphatic carbocycles. The van der Waals surface area contributed by atoms with E-state index in [0.717, 1.165) is 12.8 Å². The van der Waals surface area contributed by atoms with Crippen molar-refractivity contribution in [3.63, 3.8) is 0 Å². The zero-order valence-corrected chi connectivity index (χ0v) is 11.1. The van der Waals surface area contributed by atoms with Gasteiger partial charge in [0.05, 0.1) is 11.5 Å². The standard InChI is InChI=1S/C15H18FNO3/c16-13-4-2-1-3-12(13)14(18)17-9-10-5-7-11(8-6-10)15(19)20/h1-4,10-11H,5-9H2,(H,17,18)(H,19,20).